The van der Waals surface area contributed by atoms with Gasteiger partial charge in [0, 0.05) is 38.3 Å². The molecule has 1 heterocycles. The van der Waals surface area contributed by atoms with Crippen molar-refractivity contribution >= 4 is 11.4 Å². The Kier molecular flexibility index (Phi) is 4.80. The highest BCUT2D eigenvalue weighted by molar-refractivity contribution is 5.65. The van der Waals surface area contributed by atoms with Crippen LogP contribution in [-0.4, -0.2) is 53.3 Å². The van der Waals surface area contributed by atoms with Crippen molar-refractivity contribution in [3.63, 3.8) is 0 Å². The second-order valence-electron chi connectivity index (χ2n) is 5.90. The molecule has 1 fully saturated rings. The molecule has 0 aliphatic carbocycles. The van der Waals surface area contributed by atoms with Crippen molar-refractivity contribution in [2.45, 2.75) is 32.9 Å². The standard InChI is InChI=1S/C15H23N3O3/c1-11-4-5-14(18(20)21)15(8-11)17-7-6-16(9-12(17)2)10-13(3)19/h4-5,8,12-13,19H,6-7,9-10H2,1-3H3. The Bertz CT molecular complexity index is 519. The van der Waals surface area contributed by atoms with Gasteiger partial charge in [-0.3, -0.25) is 15.0 Å². The van der Waals surface area contributed by atoms with Crippen molar-refractivity contribution in [2.75, 3.05) is 31.1 Å². The van der Waals surface area contributed by atoms with Gasteiger partial charge in [-0.2, -0.15) is 0 Å². The fourth-order valence-electron chi connectivity index (χ4n) is 2.95. The molecule has 21 heavy (non-hydrogen) atoms. The van der Waals surface area contributed by atoms with Gasteiger partial charge in [-0.15, -0.1) is 0 Å². The maximum absolute atomic E-state index is 11.2. The summed E-state index contributed by atoms with van der Waals surface area (Å²) < 4.78 is 0. The molecule has 0 saturated carbocycles. The zero-order valence-corrected chi connectivity index (χ0v) is 12.8. The Balaban J connectivity index is 2.20. The molecule has 1 aliphatic rings. The van der Waals surface area contributed by atoms with E-state index in [0.717, 1.165) is 25.2 Å². The molecular formula is C15H23N3O3. The summed E-state index contributed by atoms with van der Waals surface area (Å²) in [7, 11) is 0. The lowest BCUT2D eigenvalue weighted by atomic mass is 10.1. The third kappa shape index (κ3) is 3.71. The number of hydrogen-bond acceptors (Lipinski definition) is 5. The quantitative estimate of drug-likeness (QED) is 0.677. The van der Waals surface area contributed by atoms with Crippen molar-refractivity contribution in [2.24, 2.45) is 0 Å². The van der Waals surface area contributed by atoms with Crippen molar-refractivity contribution in [3.8, 4) is 0 Å². The van der Waals surface area contributed by atoms with Gasteiger partial charge in [0.2, 0.25) is 0 Å². The van der Waals surface area contributed by atoms with Gasteiger partial charge in [-0.1, -0.05) is 6.07 Å². The van der Waals surface area contributed by atoms with Gasteiger partial charge in [-0.25, -0.2) is 0 Å². The number of aliphatic hydroxyl groups excluding tert-OH is 1. The average molecular weight is 293 g/mol. The normalized spacial score (nSPS) is 21.3. The summed E-state index contributed by atoms with van der Waals surface area (Å²) in [6.45, 7) is 8.78. The summed E-state index contributed by atoms with van der Waals surface area (Å²) in [5.41, 5.74) is 1.88. The van der Waals surface area contributed by atoms with Crippen molar-refractivity contribution in [1.29, 1.82) is 0 Å². The highest BCUT2D eigenvalue weighted by Gasteiger charge is 2.28. The van der Waals surface area contributed by atoms with Crippen LogP contribution in [-0.2, 0) is 0 Å². The van der Waals surface area contributed by atoms with Gasteiger partial charge >= 0.3 is 0 Å². The second kappa shape index (κ2) is 6.41. The molecule has 1 saturated heterocycles. The van der Waals surface area contributed by atoms with E-state index in [0.29, 0.717) is 12.2 Å². The van der Waals surface area contributed by atoms with Gasteiger partial charge in [0.1, 0.15) is 5.69 Å². The monoisotopic (exact) mass is 293 g/mol. The first-order valence-corrected chi connectivity index (χ1v) is 7.30. The van der Waals surface area contributed by atoms with E-state index >= 15 is 0 Å². The molecule has 0 spiro atoms. The molecule has 6 heteroatoms. The number of β-amino-alcohol motifs (C(OH)–C–C–N with tert-alkyl or cyclic N) is 1. The largest absolute Gasteiger partial charge is 0.392 e. The first-order valence-electron chi connectivity index (χ1n) is 7.30. The Labute approximate surface area is 125 Å². The molecule has 2 rings (SSSR count). The predicted octanol–water partition coefficient (Wildman–Crippen LogP) is 1.79. The predicted molar refractivity (Wildman–Crippen MR) is 82.8 cm³/mol. The summed E-state index contributed by atoms with van der Waals surface area (Å²) in [6.07, 6.45) is -0.350. The van der Waals surface area contributed by atoms with Crippen LogP contribution in [0.2, 0.25) is 0 Å². The number of nitro groups is 1. The Morgan fingerprint density at radius 2 is 2.19 bits per heavy atom. The van der Waals surface area contributed by atoms with Crippen LogP contribution < -0.4 is 4.90 Å². The van der Waals surface area contributed by atoms with Crippen LogP contribution in [0.5, 0.6) is 0 Å². The molecule has 0 aromatic heterocycles. The van der Waals surface area contributed by atoms with E-state index in [-0.39, 0.29) is 22.8 Å². The fraction of sp³-hybridized carbons (Fsp3) is 0.600. The SMILES string of the molecule is Cc1ccc([N+](=O)[O-])c(N2CCN(CC(C)O)CC2C)c1. The molecular weight excluding hydrogens is 270 g/mol. The number of hydrogen-bond donors (Lipinski definition) is 1. The van der Waals surface area contributed by atoms with Crippen LogP contribution in [0.3, 0.4) is 0 Å². The Hall–Kier alpha value is -1.66. The van der Waals surface area contributed by atoms with Gasteiger partial charge in [0.15, 0.2) is 0 Å². The van der Waals surface area contributed by atoms with E-state index < -0.39 is 0 Å². The van der Waals surface area contributed by atoms with E-state index in [1.165, 1.54) is 0 Å². The highest BCUT2D eigenvalue weighted by atomic mass is 16.6. The lowest BCUT2D eigenvalue weighted by Crippen LogP contribution is -2.53. The molecule has 1 aromatic carbocycles. The first-order chi connectivity index (χ1) is 9.88. The maximum atomic E-state index is 11.2. The molecule has 0 bridgehead atoms. The number of aryl methyl sites for hydroxylation is 1. The highest BCUT2D eigenvalue weighted by Crippen LogP contribution is 2.31. The van der Waals surface area contributed by atoms with Crippen molar-refractivity contribution in [1.82, 2.24) is 4.90 Å². The molecule has 1 N–H and O–H groups in total. The number of piperazine rings is 1. The van der Waals surface area contributed by atoms with Crippen LogP contribution in [0.15, 0.2) is 18.2 Å². The second-order valence-corrected chi connectivity index (χ2v) is 5.90. The lowest BCUT2D eigenvalue weighted by Gasteiger charge is -2.41. The third-order valence-corrected chi connectivity index (χ3v) is 3.87. The average Bonchev–Trinajstić information content (AvgIpc) is 2.37. The fourth-order valence-corrected chi connectivity index (χ4v) is 2.95. The van der Waals surface area contributed by atoms with Gasteiger partial charge in [0.25, 0.3) is 5.69 Å². The van der Waals surface area contributed by atoms with E-state index in [2.05, 4.69) is 16.7 Å². The van der Waals surface area contributed by atoms with Crippen LogP contribution in [0, 0.1) is 17.0 Å². The number of anilines is 1. The topological polar surface area (TPSA) is 69.9 Å². The molecule has 2 unspecified atom stereocenters. The van der Waals surface area contributed by atoms with Crippen LogP contribution in [0.25, 0.3) is 0 Å². The van der Waals surface area contributed by atoms with E-state index in [4.69, 9.17) is 0 Å². The van der Waals surface area contributed by atoms with Gasteiger partial charge in [0.05, 0.1) is 11.0 Å². The zero-order valence-electron chi connectivity index (χ0n) is 12.8. The van der Waals surface area contributed by atoms with E-state index in [1.807, 2.05) is 13.0 Å². The maximum Gasteiger partial charge on any atom is 0.292 e. The van der Waals surface area contributed by atoms with E-state index in [9.17, 15) is 15.2 Å². The van der Waals surface area contributed by atoms with Crippen LogP contribution in [0.1, 0.15) is 19.4 Å². The summed E-state index contributed by atoms with van der Waals surface area (Å²) >= 11 is 0. The number of nitrogens with zero attached hydrogens (tertiary/aromatic N) is 3. The summed E-state index contributed by atoms with van der Waals surface area (Å²) in [5, 5.41) is 20.7. The minimum absolute atomic E-state index is 0.163. The molecule has 1 aromatic rings. The summed E-state index contributed by atoms with van der Waals surface area (Å²) in [4.78, 5) is 15.2. The van der Waals surface area contributed by atoms with Gasteiger partial charge in [-0.05, 0) is 32.4 Å². The summed E-state index contributed by atoms with van der Waals surface area (Å²) in [6, 6.07) is 5.42. The molecule has 0 radical (unpaired) electrons. The Morgan fingerprint density at radius 1 is 1.48 bits per heavy atom. The number of nitro benzene ring substituents is 1. The molecule has 116 valence electrons. The van der Waals surface area contributed by atoms with Crippen molar-refractivity contribution < 1.29 is 10.0 Å². The number of benzene rings is 1. The molecule has 1 aliphatic heterocycles. The smallest absolute Gasteiger partial charge is 0.292 e. The summed E-state index contributed by atoms with van der Waals surface area (Å²) in [5.74, 6) is 0. The van der Waals surface area contributed by atoms with Gasteiger partial charge < -0.3 is 10.0 Å². The minimum atomic E-state index is -0.350. The van der Waals surface area contributed by atoms with Crippen molar-refractivity contribution in [3.05, 3.63) is 33.9 Å². The molecule has 0 amide bonds. The van der Waals surface area contributed by atoms with Crippen LogP contribution >= 0.6 is 0 Å². The van der Waals surface area contributed by atoms with E-state index in [1.54, 1.807) is 19.1 Å². The first kappa shape index (κ1) is 15.7. The third-order valence-electron chi connectivity index (χ3n) is 3.87. The van der Waals surface area contributed by atoms with Crippen LogP contribution in [0.4, 0.5) is 11.4 Å². The number of rotatable bonds is 4. The molecule has 2 atom stereocenters. The zero-order chi connectivity index (χ0) is 15.6. The number of aliphatic hydroxyl groups is 1. The molecule has 6 nitrogen and oxygen atoms in total. The minimum Gasteiger partial charge on any atom is -0.392 e. The Morgan fingerprint density at radius 3 is 2.76 bits per heavy atom. The lowest BCUT2D eigenvalue weighted by molar-refractivity contribution is -0.384.